The fourth-order valence-electron chi connectivity index (χ4n) is 4.11. The number of nitro benzene ring substituents is 1. The maximum Gasteiger partial charge on any atom is 0.269 e. The van der Waals surface area contributed by atoms with Gasteiger partial charge in [-0.05, 0) is 43.3 Å². The van der Waals surface area contributed by atoms with Gasteiger partial charge in [-0.25, -0.2) is 4.90 Å². The zero-order valence-electron chi connectivity index (χ0n) is 17.3. The maximum atomic E-state index is 13.0. The fraction of sp³-hybridized carbons (Fsp3) is 0.364. The Kier molecular flexibility index (Phi) is 5.85. The van der Waals surface area contributed by atoms with Crippen LogP contribution >= 0.6 is 0 Å². The highest BCUT2D eigenvalue weighted by atomic mass is 16.6. The van der Waals surface area contributed by atoms with Gasteiger partial charge in [0.15, 0.2) is 0 Å². The number of piperazine rings is 1. The lowest BCUT2D eigenvalue weighted by Crippen LogP contribution is -2.52. The molecule has 2 heterocycles. The van der Waals surface area contributed by atoms with Gasteiger partial charge in [0.05, 0.1) is 29.7 Å². The third kappa shape index (κ3) is 4.22. The van der Waals surface area contributed by atoms with Crippen molar-refractivity contribution in [1.29, 1.82) is 0 Å². The van der Waals surface area contributed by atoms with Crippen molar-refractivity contribution in [3.8, 4) is 5.75 Å². The fourth-order valence-corrected chi connectivity index (χ4v) is 4.11. The number of ether oxygens (including phenoxy) is 1. The minimum atomic E-state index is -0.460. The molecule has 2 aliphatic heterocycles. The molecule has 31 heavy (non-hydrogen) atoms. The van der Waals surface area contributed by atoms with E-state index in [-0.39, 0.29) is 23.9 Å². The van der Waals surface area contributed by atoms with E-state index in [0.717, 1.165) is 5.69 Å². The molecule has 0 N–H and O–H groups in total. The van der Waals surface area contributed by atoms with E-state index < -0.39 is 11.0 Å². The second-order valence-corrected chi connectivity index (χ2v) is 7.51. The molecule has 1 atom stereocenters. The number of nitrogens with zero attached hydrogens (tertiary/aromatic N) is 4. The lowest BCUT2D eigenvalue weighted by Gasteiger charge is -2.38. The van der Waals surface area contributed by atoms with Crippen molar-refractivity contribution in [3.05, 3.63) is 58.6 Å². The van der Waals surface area contributed by atoms with Crippen LogP contribution in [0.2, 0.25) is 0 Å². The molecule has 162 valence electrons. The van der Waals surface area contributed by atoms with Crippen LogP contribution in [0.5, 0.6) is 5.75 Å². The molecule has 2 aromatic carbocycles. The number of hydrogen-bond acceptors (Lipinski definition) is 7. The van der Waals surface area contributed by atoms with Gasteiger partial charge in [-0.1, -0.05) is 0 Å². The minimum Gasteiger partial charge on any atom is -0.494 e. The van der Waals surface area contributed by atoms with Gasteiger partial charge in [0.2, 0.25) is 5.91 Å². The van der Waals surface area contributed by atoms with Crippen LogP contribution in [0.25, 0.3) is 0 Å². The predicted octanol–water partition coefficient (Wildman–Crippen LogP) is 2.45. The summed E-state index contributed by atoms with van der Waals surface area (Å²) in [5, 5.41) is 10.8. The highest BCUT2D eigenvalue weighted by Gasteiger charge is 2.43. The molecule has 9 nitrogen and oxygen atoms in total. The van der Waals surface area contributed by atoms with E-state index in [0.29, 0.717) is 44.2 Å². The van der Waals surface area contributed by atoms with Crippen LogP contribution < -0.4 is 14.5 Å². The molecule has 0 radical (unpaired) electrons. The monoisotopic (exact) mass is 424 g/mol. The molecular formula is C22H24N4O5. The van der Waals surface area contributed by atoms with Crippen molar-refractivity contribution in [2.45, 2.75) is 19.4 Å². The number of hydrogen-bond donors (Lipinski definition) is 0. The summed E-state index contributed by atoms with van der Waals surface area (Å²) in [5.41, 5.74) is 1.53. The maximum absolute atomic E-state index is 13.0. The number of carbonyl (C=O) groups excluding carboxylic acids is 2. The van der Waals surface area contributed by atoms with Crippen LogP contribution in [-0.4, -0.2) is 60.5 Å². The standard InChI is InChI=1S/C22H24N4O5/c1-2-31-19-9-7-17(8-10-19)25-21(27)15-20(22(25)28)24-13-11-23(12-14-24)16-3-5-18(6-4-16)26(29)30/h3-10,20H,2,11-15H2,1H3/t20-/m1/s1. The minimum absolute atomic E-state index is 0.0619. The summed E-state index contributed by atoms with van der Waals surface area (Å²) in [7, 11) is 0. The van der Waals surface area contributed by atoms with Crippen LogP contribution in [0.4, 0.5) is 17.1 Å². The molecule has 2 fully saturated rings. The van der Waals surface area contributed by atoms with E-state index in [2.05, 4.69) is 9.80 Å². The molecule has 0 spiro atoms. The van der Waals surface area contributed by atoms with Crippen LogP contribution in [-0.2, 0) is 9.59 Å². The quantitative estimate of drug-likeness (QED) is 0.399. The van der Waals surface area contributed by atoms with Gasteiger partial charge in [-0.15, -0.1) is 0 Å². The number of carbonyl (C=O) groups is 2. The molecule has 2 aromatic rings. The Morgan fingerprint density at radius 3 is 2.16 bits per heavy atom. The highest BCUT2D eigenvalue weighted by Crippen LogP contribution is 2.29. The van der Waals surface area contributed by atoms with Gasteiger partial charge in [0, 0.05) is 44.0 Å². The topological polar surface area (TPSA) is 96.2 Å². The third-order valence-electron chi connectivity index (χ3n) is 5.71. The normalized spacial score (nSPS) is 19.7. The van der Waals surface area contributed by atoms with E-state index >= 15 is 0 Å². The van der Waals surface area contributed by atoms with Crippen molar-refractivity contribution >= 4 is 28.9 Å². The average Bonchev–Trinajstić information content (AvgIpc) is 3.09. The third-order valence-corrected chi connectivity index (χ3v) is 5.71. The average molecular weight is 424 g/mol. The van der Waals surface area contributed by atoms with Crippen molar-refractivity contribution in [3.63, 3.8) is 0 Å². The van der Waals surface area contributed by atoms with Gasteiger partial charge in [0.25, 0.3) is 11.6 Å². The molecular weight excluding hydrogens is 400 g/mol. The van der Waals surface area contributed by atoms with E-state index in [9.17, 15) is 19.7 Å². The van der Waals surface area contributed by atoms with Crippen LogP contribution in [0.1, 0.15) is 13.3 Å². The Morgan fingerprint density at radius 1 is 0.968 bits per heavy atom. The van der Waals surface area contributed by atoms with Crippen molar-refractivity contribution in [1.82, 2.24) is 4.90 Å². The first-order valence-corrected chi connectivity index (χ1v) is 10.3. The zero-order valence-corrected chi connectivity index (χ0v) is 17.3. The first-order valence-electron chi connectivity index (χ1n) is 10.3. The second kappa shape index (κ2) is 8.73. The molecule has 2 saturated heterocycles. The molecule has 2 aliphatic rings. The summed E-state index contributed by atoms with van der Waals surface area (Å²) in [6.07, 6.45) is 0.170. The van der Waals surface area contributed by atoms with Crippen molar-refractivity contribution in [2.24, 2.45) is 0 Å². The Balaban J connectivity index is 1.39. The van der Waals surface area contributed by atoms with Crippen molar-refractivity contribution in [2.75, 3.05) is 42.6 Å². The summed E-state index contributed by atoms with van der Waals surface area (Å²) < 4.78 is 5.42. The van der Waals surface area contributed by atoms with Gasteiger partial charge in [-0.2, -0.15) is 0 Å². The molecule has 0 unspecified atom stereocenters. The van der Waals surface area contributed by atoms with Crippen LogP contribution in [0, 0.1) is 10.1 Å². The summed E-state index contributed by atoms with van der Waals surface area (Å²) >= 11 is 0. The summed E-state index contributed by atoms with van der Waals surface area (Å²) in [4.78, 5) is 41.5. The first kappa shape index (κ1) is 20.8. The smallest absolute Gasteiger partial charge is 0.269 e. The number of amides is 2. The van der Waals surface area contributed by atoms with E-state index in [4.69, 9.17) is 4.74 Å². The molecule has 0 aromatic heterocycles. The second-order valence-electron chi connectivity index (χ2n) is 7.51. The number of nitro groups is 1. The Hall–Kier alpha value is -3.46. The molecule has 0 aliphatic carbocycles. The number of imide groups is 1. The largest absolute Gasteiger partial charge is 0.494 e. The number of anilines is 2. The molecule has 0 saturated carbocycles. The van der Waals surface area contributed by atoms with Gasteiger partial charge >= 0.3 is 0 Å². The summed E-state index contributed by atoms with van der Waals surface area (Å²) in [5.74, 6) is 0.305. The SMILES string of the molecule is CCOc1ccc(N2C(=O)C[C@@H](N3CCN(c4ccc([N+](=O)[O-])cc4)CC3)C2=O)cc1. The lowest BCUT2D eigenvalue weighted by atomic mass is 10.1. The number of benzene rings is 2. The Labute approximate surface area is 179 Å². The molecule has 0 bridgehead atoms. The Bertz CT molecular complexity index is 968. The van der Waals surface area contributed by atoms with Gasteiger partial charge < -0.3 is 9.64 Å². The predicted molar refractivity (Wildman–Crippen MR) is 115 cm³/mol. The molecule has 9 heteroatoms. The van der Waals surface area contributed by atoms with E-state index in [1.54, 1.807) is 36.4 Å². The first-order chi connectivity index (χ1) is 15.0. The summed E-state index contributed by atoms with van der Waals surface area (Å²) in [6.45, 7) is 5.08. The molecule has 2 amide bonds. The van der Waals surface area contributed by atoms with Crippen LogP contribution in [0.3, 0.4) is 0 Å². The zero-order chi connectivity index (χ0) is 22.0. The number of non-ortho nitro benzene ring substituents is 1. The summed E-state index contributed by atoms with van der Waals surface area (Å²) in [6, 6.07) is 13.0. The van der Waals surface area contributed by atoms with E-state index in [1.807, 2.05) is 6.92 Å². The van der Waals surface area contributed by atoms with Crippen LogP contribution in [0.15, 0.2) is 48.5 Å². The number of rotatable bonds is 6. The lowest BCUT2D eigenvalue weighted by molar-refractivity contribution is -0.384. The molecule has 4 rings (SSSR count). The van der Waals surface area contributed by atoms with Gasteiger partial charge in [0.1, 0.15) is 5.75 Å². The van der Waals surface area contributed by atoms with E-state index in [1.165, 1.54) is 17.0 Å². The van der Waals surface area contributed by atoms with Gasteiger partial charge in [-0.3, -0.25) is 24.6 Å². The Morgan fingerprint density at radius 2 is 1.58 bits per heavy atom. The van der Waals surface area contributed by atoms with Crippen molar-refractivity contribution < 1.29 is 19.2 Å². The highest BCUT2D eigenvalue weighted by molar-refractivity contribution is 6.22.